The molecule has 47 heavy (non-hydrogen) atoms. The van der Waals surface area contributed by atoms with Crippen molar-refractivity contribution in [3.05, 3.63) is 41.2 Å². The molecule has 1 aromatic carbocycles. The number of nitrogens with two attached hydrogens (primary N) is 1. The van der Waals surface area contributed by atoms with Crippen LogP contribution in [0.2, 0.25) is 0 Å². The lowest BCUT2D eigenvalue weighted by Crippen LogP contribution is -2.65. The largest absolute Gasteiger partial charge is 0.496 e. The predicted octanol–water partition coefficient (Wildman–Crippen LogP) is 1.62. The first-order valence-electron chi connectivity index (χ1n) is 16.3. The predicted molar refractivity (Wildman–Crippen MR) is 174 cm³/mol. The summed E-state index contributed by atoms with van der Waals surface area (Å²) < 4.78 is 52.2. The van der Waals surface area contributed by atoms with Gasteiger partial charge in [0.2, 0.25) is 15.9 Å². The Morgan fingerprint density at radius 3 is 2.74 bits per heavy atom. The Balaban J connectivity index is 1.34. The minimum Gasteiger partial charge on any atom is -0.496 e. The number of para-hydroxylation sites is 1. The van der Waals surface area contributed by atoms with Crippen LogP contribution in [0.1, 0.15) is 75.0 Å². The number of amides is 1. The van der Waals surface area contributed by atoms with E-state index in [4.69, 9.17) is 24.5 Å². The van der Waals surface area contributed by atoms with Gasteiger partial charge < -0.3 is 29.8 Å². The van der Waals surface area contributed by atoms with Crippen LogP contribution >= 0.6 is 0 Å². The Morgan fingerprint density at radius 2 is 2.04 bits per heavy atom. The van der Waals surface area contributed by atoms with Crippen molar-refractivity contribution in [2.75, 3.05) is 26.0 Å². The first-order valence-corrected chi connectivity index (χ1v) is 18.0. The fourth-order valence-corrected chi connectivity index (χ4v) is 8.19. The summed E-state index contributed by atoms with van der Waals surface area (Å²) in [5.41, 5.74) is 6.34. The first kappa shape index (κ1) is 35.3. The Bertz CT molecular complexity index is 1550. The molecule has 2 aromatic rings. The molecule has 16 heteroatoms. The summed E-state index contributed by atoms with van der Waals surface area (Å²) in [7, 11) is -2.79. The zero-order chi connectivity index (χ0) is 34.0. The number of aromatic nitrogens is 3. The fourth-order valence-electron chi connectivity index (χ4n) is 7.37. The zero-order valence-corrected chi connectivity index (χ0v) is 28.7. The molecule has 1 amide bonds. The summed E-state index contributed by atoms with van der Waals surface area (Å²) >= 11 is 0. The second kappa shape index (κ2) is 14.2. The number of hydrogen-bond donors (Lipinski definition) is 3. The Kier molecular flexibility index (Phi) is 10.7. The van der Waals surface area contributed by atoms with Crippen LogP contribution in [0.15, 0.2) is 24.4 Å². The molecule has 6 rings (SSSR count). The second-order valence-corrected chi connectivity index (χ2v) is 15.5. The number of nitrogens with zero attached hydrogens (tertiary/aromatic N) is 3. The number of sulfonamides is 1. The molecule has 4 fully saturated rings. The van der Waals surface area contributed by atoms with E-state index < -0.39 is 34.7 Å². The molecule has 14 nitrogen and oxygen atoms in total. The third kappa shape index (κ3) is 7.51. The number of benzene rings is 1. The fraction of sp³-hybridized carbons (Fsp3) is 0.677. The molecule has 0 radical (unpaired) electrons. The molecule has 1 aliphatic heterocycles. The van der Waals surface area contributed by atoms with Crippen molar-refractivity contribution < 1.29 is 36.8 Å². The summed E-state index contributed by atoms with van der Waals surface area (Å²) in [6, 6.07) is 5.27. The van der Waals surface area contributed by atoms with Gasteiger partial charge in [0.15, 0.2) is 0 Å². The summed E-state index contributed by atoms with van der Waals surface area (Å²) in [6.45, 7) is 8.77. The number of carbonyl (C=O) groups excluding carboxylic acids is 2. The molecule has 258 valence electrons. The van der Waals surface area contributed by atoms with Crippen molar-refractivity contribution in [1.29, 1.82) is 0 Å². The minimum atomic E-state index is -3.54. The summed E-state index contributed by atoms with van der Waals surface area (Å²) in [5.74, 6) is -0.444. The average Bonchev–Trinajstić information content (AvgIpc) is 3.62. The van der Waals surface area contributed by atoms with Crippen molar-refractivity contribution in [2.24, 2.45) is 23.0 Å². The van der Waals surface area contributed by atoms with Gasteiger partial charge in [-0.1, -0.05) is 44.5 Å². The maximum atomic E-state index is 13.5. The third-order valence-electron chi connectivity index (χ3n) is 10.1. The van der Waals surface area contributed by atoms with E-state index >= 15 is 0 Å². The number of carbonyl (C=O) groups is 2. The SMILES string of the molecule is CCCCOC(=O)c1cccc(C[C@H](NC(=O)Cn2cc(CNS(=O)(=O)CCN)nn2)B2O[C@@H]3C[C@@H]4C[C@@H](C4(C)C)[C@]3(C)O2)c1OC. The van der Waals surface area contributed by atoms with E-state index in [0.29, 0.717) is 41.0 Å². The van der Waals surface area contributed by atoms with Gasteiger partial charge in [0.25, 0.3) is 0 Å². The lowest BCUT2D eigenvalue weighted by Gasteiger charge is -2.64. The molecule has 5 atom stereocenters. The van der Waals surface area contributed by atoms with Gasteiger partial charge in [-0.3, -0.25) is 4.79 Å². The number of ether oxygens (including phenoxy) is 2. The molecular formula is C31H47BN6O8S. The molecule has 3 aliphatic carbocycles. The molecule has 1 aromatic heterocycles. The van der Waals surface area contributed by atoms with E-state index in [1.807, 2.05) is 13.0 Å². The molecule has 0 spiro atoms. The standard InChI is InChI=1S/C31H47BN6O8S/c1-6-7-12-44-29(40)23-10-8-9-20(28(23)43-5)14-26(32-45-25-16-21-15-24(30(21,2)3)31(25,4)46-32)35-27(39)19-38-18-22(36-37-38)17-34-47(41,42)13-11-33/h8-10,18,21,24-26,34H,6-7,11-17,19,33H2,1-5H3,(H,35,39)/t21-,24-,25+,26-,31-/m0/s1. The molecule has 0 unspecified atom stereocenters. The summed E-state index contributed by atoms with van der Waals surface area (Å²) in [5, 5.41) is 11.1. The average molecular weight is 675 g/mol. The maximum absolute atomic E-state index is 13.5. The highest BCUT2D eigenvalue weighted by Crippen LogP contribution is 2.65. The number of rotatable bonds is 16. The van der Waals surface area contributed by atoms with Crippen LogP contribution in [0.3, 0.4) is 0 Å². The van der Waals surface area contributed by atoms with E-state index in [1.165, 1.54) is 18.0 Å². The molecule has 2 heterocycles. The van der Waals surface area contributed by atoms with Gasteiger partial charge in [0, 0.05) is 6.54 Å². The van der Waals surface area contributed by atoms with E-state index in [-0.39, 0.29) is 49.2 Å². The van der Waals surface area contributed by atoms with Gasteiger partial charge in [-0.05, 0) is 61.5 Å². The quantitative estimate of drug-likeness (QED) is 0.134. The number of hydrogen-bond acceptors (Lipinski definition) is 11. The molecule has 1 saturated heterocycles. The van der Waals surface area contributed by atoms with Gasteiger partial charge in [-0.25, -0.2) is 22.6 Å². The minimum absolute atomic E-state index is 0.00407. The number of nitrogens with one attached hydrogen (secondary N) is 2. The molecule has 4 N–H and O–H groups in total. The Labute approximate surface area is 277 Å². The highest BCUT2D eigenvalue weighted by Gasteiger charge is 2.68. The van der Waals surface area contributed by atoms with Crippen LogP contribution in [0.4, 0.5) is 0 Å². The van der Waals surface area contributed by atoms with Crippen LogP contribution in [0.5, 0.6) is 5.75 Å². The van der Waals surface area contributed by atoms with Crippen molar-refractivity contribution in [3.63, 3.8) is 0 Å². The van der Waals surface area contributed by atoms with E-state index in [0.717, 1.165) is 25.7 Å². The van der Waals surface area contributed by atoms with Crippen LogP contribution in [-0.4, -0.2) is 86.1 Å². The zero-order valence-electron chi connectivity index (χ0n) is 27.9. The van der Waals surface area contributed by atoms with E-state index in [1.54, 1.807) is 12.1 Å². The van der Waals surface area contributed by atoms with Crippen molar-refractivity contribution >= 4 is 29.0 Å². The lowest BCUT2D eigenvalue weighted by molar-refractivity contribution is -0.199. The van der Waals surface area contributed by atoms with Crippen LogP contribution < -0.4 is 20.5 Å². The van der Waals surface area contributed by atoms with Gasteiger partial charge in [-0.15, -0.1) is 5.10 Å². The maximum Gasteiger partial charge on any atom is 0.482 e. The summed E-state index contributed by atoms with van der Waals surface area (Å²) in [6.07, 6.45) is 5.27. The van der Waals surface area contributed by atoms with E-state index in [9.17, 15) is 18.0 Å². The Morgan fingerprint density at radius 1 is 1.26 bits per heavy atom. The normalized spacial score (nSPS) is 25.1. The van der Waals surface area contributed by atoms with Gasteiger partial charge in [0.1, 0.15) is 17.9 Å². The van der Waals surface area contributed by atoms with Gasteiger partial charge in [-0.2, -0.15) is 0 Å². The van der Waals surface area contributed by atoms with Crippen molar-refractivity contribution in [2.45, 2.75) is 90.5 Å². The monoisotopic (exact) mass is 674 g/mol. The number of esters is 1. The van der Waals surface area contributed by atoms with Gasteiger partial charge in [0.05, 0.1) is 55.6 Å². The second-order valence-electron chi connectivity index (χ2n) is 13.5. The molecule has 3 saturated carbocycles. The third-order valence-corrected chi connectivity index (χ3v) is 11.4. The topological polar surface area (TPSA) is 186 Å². The summed E-state index contributed by atoms with van der Waals surface area (Å²) in [4.78, 5) is 26.4. The number of unbranched alkanes of at least 4 members (excludes halogenated alkanes) is 1. The molecule has 2 bridgehead atoms. The smallest absolute Gasteiger partial charge is 0.482 e. The van der Waals surface area contributed by atoms with Crippen molar-refractivity contribution in [3.8, 4) is 5.75 Å². The van der Waals surface area contributed by atoms with Crippen LogP contribution in [0.25, 0.3) is 0 Å². The Hall–Kier alpha value is -3.05. The van der Waals surface area contributed by atoms with E-state index in [2.05, 4.69) is 41.1 Å². The lowest BCUT2D eigenvalue weighted by atomic mass is 9.43. The molecule has 4 aliphatic rings. The first-order chi connectivity index (χ1) is 22.3. The number of methoxy groups -OCH3 is 1. The van der Waals surface area contributed by atoms with Crippen molar-refractivity contribution in [1.82, 2.24) is 25.0 Å². The van der Waals surface area contributed by atoms with Crippen LogP contribution in [-0.2, 0) is 48.4 Å². The van der Waals surface area contributed by atoms with Crippen LogP contribution in [0, 0.1) is 17.3 Å². The highest BCUT2D eigenvalue weighted by molar-refractivity contribution is 7.89. The molecular weight excluding hydrogens is 627 g/mol. The van der Waals surface area contributed by atoms with Gasteiger partial charge >= 0.3 is 13.1 Å². The highest BCUT2D eigenvalue weighted by atomic mass is 32.2.